The number of alkyl halides is 2. The van der Waals surface area contributed by atoms with Crippen molar-refractivity contribution in [2.24, 2.45) is 0 Å². The first-order valence-corrected chi connectivity index (χ1v) is 8.25. The third-order valence-corrected chi connectivity index (χ3v) is 3.40. The van der Waals surface area contributed by atoms with Crippen LogP contribution in [0.1, 0.15) is 17.3 Å². The lowest BCUT2D eigenvalue weighted by molar-refractivity contribution is -0.119. The van der Waals surface area contributed by atoms with E-state index in [1.165, 1.54) is 43.5 Å². The Labute approximate surface area is 160 Å². The fourth-order valence-corrected chi connectivity index (χ4v) is 2.20. The summed E-state index contributed by atoms with van der Waals surface area (Å²) >= 11 is 0. The van der Waals surface area contributed by atoms with Gasteiger partial charge in [0.2, 0.25) is 0 Å². The molecule has 0 aliphatic rings. The summed E-state index contributed by atoms with van der Waals surface area (Å²) in [5, 5.41) is 2.47. The number of esters is 1. The molecule has 28 heavy (non-hydrogen) atoms. The highest BCUT2D eigenvalue weighted by Crippen LogP contribution is 2.28. The molecule has 0 heterocycles. The van der Waals surface area contributed by atoms with Crippen LogP contribution in [0.2, 0.25) is 0 Å². The molecule has 1 N–H and O–H groups in total. The van der Waals surface area contributed by atoms with Crippen LogP contribution in [0.25, 0.3) is 0 Å². The van der Waals surface area contributed by atoms with Crippen LogP contribution in [-0.2, 0) is 9.53 Å². The second-order valence-corrected chi connectivity index (χ2v) is 5.33. The van der Waals surface area contributed by atoms with Gasteiger partial charge in [0.05, 0.1) is 19.3 Å². The van der Waals surface area contributed by atoms with Crippen LogP contribution < -0.4 is 19.5 Å². The number of hydrogen-bond donors (Lipinski definition) is 1. The molecule has 7 nitrogen and oxygen atoms in total. The van der Waals surface area contributed by atoms with Gasteiger partial charge >= 0.3 is 12.6 Å². The van der Waals surface area contributed by atoms with Crippen LogP contribution in [0.4, 0.5) is 14.5 Å². The van der Waals surface area contributed by atoms with E-state index in [2.05, 4.69) is 10.1 Å². The van der Waals surface area contributed by atoms with E-state index in [1.54, 1.807) is 6.07 Å². The Morgan fingerprint density at radius 2 is 1.79 bits per heavy atom. The number of methoxy groups -OCH3 is 1. The Kier molecular flexibility index (Phi) is 7.55. The highest BCUT2D eigenvalue weighted by Gasteiger charge is 2.14. The number of hydrogen-bond acceptors (Lipinski definition) is 6. The van der Waals surface area contributed by atoms with Gasteiger partial charge in [-0.15, -0.1) is 0 Å². The van der Waals surface area contributed by atoms with E-state index in [0.717, 1.165) is 0 Å². The van der Waals surface area contributed by atoms with Gasteiger partial charge < -0.3 is 24.3 Å². The zero-order chi connectivity index (χ0) is 20.5. The summed E-state index contributed by atoms with van der Waals surface area (Å²) in [4.78, 5) is 24.0. The Morgan fingerprint density at radius 3 is 2.39 bits per heavy atom. The van der Waals surface area contributed by atoms with Crippen molar-refractivity contribution in [3.63, 3.8) is 0 Å². The van der Waals surface area contributed by atoms with Crippen molar-refractivity contribution < 1.29 is 37.3 Å². The molecule has 0 radical (unpaired) electrons. The second kappa shape index (κ2) is 10.1. The zero-order valence-electron chi connectivity index (χ0n) is 15.2. The number of amides is 1. The lowest BCUT2D eigenvalue weighted by atomic mass is 10.2. The molecule has 0 aliphatic carbocycles. The molecule has 1 amide bonds. The largest absolute Gasteiger partial charge is 0.493 e. The molecule has 0 aliphatic heterocycles. The van der Waals surface area contributed by atoms with Crippen molar-refractivity contribution in [3.8, 4) is 17.2 Å². The smallest absolute Gasteiger partial charge is 0.387 e. The lowest BCUT2D eigenvalue weighted by Crippen LogP contribution is -2.21. The van der Waals surface area contributed by atoms with E-state index in [4.69, 9.17) is 14.2 Å². The Morgan fingerprint density at radius 1 is 1.07 bits per heavy atom. The van der Waals surface area contributed by atoms with Gasteiger partial charge in [0.25, 0.3) is 5.91 Å². The van der Waals surface area contributed by atoms with Crippen LogP contribution in [-0.4, -0.2) is 38.8 Å². The van der Waals surface area contributed by atoms with Crippen molar-refractivity contribution >= 4 is 17.6 Å². The monoisotopic (exact) mass is 395 g/mol. The average molecular weight is 395 g/mol. The van der Waals surface area contributed by atoms with Gasteiger partial charge in [0.1, 0.15) is 5.75 Å². The minimum atomic E-state index is -2.93. The first-order chi connectivity index (χ1) is 13.4. The molecule has 0 saturated carbocycles. The van der Waals surface area contributed by atoms with Crippen molar-refractivity contribution in [2.75, 3.05) is 25.6 Å². The molecular weight excluding hydrogens is 376 g/mol. The maximum atomic E-state index is 12.1. The summed E-state index contributed by atoms with van der Waals surface area (Å²) < 4.78 is 43.9. The number of rotatable bonds is 9. The third-order valence-electron chi connectivity index (χ3n) is 3.40. The SMILES string of the molecule is CCOc1ccc(C(=O)OCC(=O)Nc2ccc(OC(F)F)cc2)cc1OC. The number of carbonyl (C=O) groups is 2. The molecule has 0 unspecified atom stereocenters. The fraction of sp³-hybridized carbons (Fsp3) is 0.263. The van der Waals surface area contributed by atoms with Gasteiger partial charge in [0, 0.05) is 5.69 Å². The number of anilines is 1. The van der Waals surface area contributed by atoms with Gasteiger partial charge in [0.15, 0.2) is 18.1 Å². The first kappa shape index (κ1) is 20.9. The number of ether oxygens (including phenoxy) is 4. The maximum absolute atomic E-state index is 12.1. The molecule has 0 spiro atoms. The fourth-order valence-electron chi connectivity index (χ4n) is 2.20. The first-order valence-electron chi connectivity index (χ1n) is 8.25. The van der Waals surface area contributed by atoms with Crippen molar-refractivity contribution in [1.29, 1.82) is 0 Å². The maximum Gasteiger partial charge on any atom is 0.387 e. The van der Waals surface area contributed by atoms with Crippen molar-refractivity contribution in [1.82, 2.24) is 0 Å². The van der Waals surface area contributed by atoms with Gasteiger partial charge in [-0.25, -0.2) is 4.79 Å². The van der Waals surface area contributed by atoms with Crippen LogP contribution in [0.15, 0.2) is 42.5 Å². The summed E-state index contributed by atoms with van der Waals surface area (Å²) in [6.07, 6.45) is 0. The second-order valence-electron chi connectivity index (χ2n) is 5.33. The van der Waals surface area contributed by atoms with E-state index in [1.807, 2.05) is 6.92 Å². The number of carbonyl (C=O) groups excluding carboxylic acids is 2. The van der Waals surface area contributed by atoms with Crippen LogP contribution in [0, 0.1) is 0 Å². The molecule has 0 aromatic heterocycles. The topological polar surface area (TPSA) is 83.1 Å². The summed E-state index contributed by atoms with van der Waals surface area (Å²) in [6, 6.07) is 9.84. The molecule has 150 valence electrons. The van der Waals surface area contributed by atoms with Gasteiger partial charge in [-0.05, 0) is 49.4 Å². The highest BCUT2D eigenvalue weighted by molar-refractivity contribution is 5.95. The summed E-state index contributed by atoms with van der Waals surface area (Å²) in [6.45, 7) is -1.19. The Bertz CT molecular complexity index is 811. The Balaban J connectivity index is 1.89. The van der Waals surface area contributed by atoms with Crippen molar-refractivity contribution in [3.05, 3.63) is 48.0 Å². The molecule has 0 fully saturated rings. The molecule has 0 bridgehead atoms. The van der Waals surface area contributed by atoms with E-state index < -0.39 is 25.1 Å². The normalized spacial score (nSPS) is 10.3. The predicted octanol–water partition coefficient (Wildman–Crippen LogP) is 3.49. The number of halogens is 2. The molecule has 9 heteroatoms. The highest BCUT2D eigenvalue weighted by atomic mass is 19.3. The van der Waals surface area contributed by atoms with Crippen LogP contribution >= 0.6 is 0 Å². The third kappa shape index (κ3) is 6.11. The molecule has 2 rings (SSSR count). The Hall–Kier alpha value is -3.36. The molecular formula is C19H19F2NO6. The predicted molar refractivity (Wildman–Crippen MR) is 96.1 cm³/mol. The van der Waals surface area contributed by atoms with Gasteiger partial charge in [-0.3, -0.25) is 4.79 Å². The minimum absolute atomic E-state index is 0.0381. The summed E-state index contributed by atoms with van der Waals surface area (Å²) in [5.41, 5.74) is 0.534. The average Bonchev–Trinajstić information content (AvgIpc) is 2.67. The van der Waals surface area contributed by atoms with E-state index in [9.17, 15) is 18.4 Å². The zero-order valence-corrected chi connectivity index (χ0v) is 15.2. The quantitative estimate of drug-likeness (QED) is 0.655. The summed E-state index contributed by atoms with van der Waals surface area (Å²) in [5.74, 6) is -0.486. The van der Waals surface area contributed by atoms with Crippen LogP contribution in [0.5, 0.6) is 17.2 Å². The number of benzene rings is 2. The molecule has 0 atom stereocenters. The minimum Gasteiger partial charge on any atom is -0.493 e. The number of nitrogens with one attached hydrogen (secondary N) is 1. The summed E-state index contributed by atoms with van der Waals surface area (Å²) in [7, 11) is 1.44. The van der Waals surface area contributed by atoms with Crippen LogP contribution in [0.3, 0.4) is 0 Å². The molecule has 2 aromatic carbocycles. The standard InChI is InChI=1S/C19H19F2NO6/c1-3-26-15-9-4-12(10-16(15)25-2)18(24)27-11-17(23)22-13-5-7-14(8-6-13)28-19(20)21/h4-10,19H,3,11H2,1-2H3,(H,22,23). The van der Waals surface area contributed by atoms with E-state index >= 15 is 0 Å². The molecule has 0 saturated heterocycles. The van der Waals surface area contributed by atoms with E-state index in [-0.39, 0.29) is 11.3 Å². The lowest BCUT2D eigenvalue weighted by Gasteiger charge is -2.11. The van der Waals surface area contributed by atoms with Gasteiger partial charge in [-0.2, -0.15) is 8.78 Å². The van der Waals surface area contributed by atoms with E-state index in [0.29, 0.717) is 23.8 Å². The molecule has 2 aromatic rings. The van der Waals surface area contributed by atoms with Crippen molar-refractivity contribution in [2.45, 2.75) is 13.5 Å². The van der Waals surface area contributed by atoms with Gasteiger partial charge in [-0.1, -0.05) is 0 Å².